The molecule has 2 saturated heterocycles. The van der Waals surface area contributed by atoms with Gasteiger partial charge in [-0.25, -0.2) is 0 Å². The Labute approximate surface area is 198 Å². The third-order valence-electron chi connectivity index (χ3n) is 8.32. The summed E-state index contributed by atoms with van der Waals surface area (Å²) in [6, 6.07) is 0. The topological polar surface area (TPSA) is 49.8 Å². The highest BCUT2D eigenvalue weighted by molar-refractivity contribution is 5.69. The minimum absolute atomic E-state index is 0.0406. The third-order valence-corrected chi connectivity index (χ3v) is 8.32. The smallest absolute Gasteiger partial charge is 0.306 e. The van der Waals surface area contributed by atoms with E-state index in [9.17, 15) is 10.0 Å². The van der Waals surface area contributed by atoms with Crippen LogP contribution < -0.4 is 0 Å². The van der Waals surface area contributed by atoms with Gasteiger partial charge < -0.3 is 9.94 Å². The average Bonchev–Trinajstić information content (AvgIpc) is 2.74. The highest BCUT2D eigenvalue weighted by Crippen LogP contribution is 2.51. The predicted molar refractivity (Wildman–Crippen MR) is 133 cm³/mol. The molecule has 3 rings (SSSR count). The summed E-state index contributed by atoms with van der Waals surface area (Å²) in [5.41, 5.74) is -0.595. The van der Waals surface area contributed by atoms with Crippen molar-refractivity contribution in [2.45, 2.75) is 167 Å². The first-order valence-corrected chi connectivity index (χ1v) is 14.0. The molecule has 1 N–H and O–H groups in total. The fraction of sp³-hybridized carbons (Fsp3) is 0.964. The summed E-state index contributed by atoms with van der Waals surface area (Å²) in [6.07, 6.45) is 23.3. The molecule has 4 nitrogen and oxygen atoms in total. The van der Waals surface area contributed by atoms with E-state index in [2.05, 4.69) is 27.7 Å². The molecule has 4 heteroatoms. The largest absolute Gasteiger partial charge is 0.462 e. The van der Waals surface area contributed by atoms with E-state index in [4.69, 9.17) is 4.74 Å². The molecule has 0 radical (unpaired) electrons. The minimum atomic E-state index is -0.329. The van der Waals surface area contributed by atoms with Gasteiger partial charge in [0.25, 0.3) is 0 Å². The molecule has 3 fully saturated rings. The molecule has 1 saturated carbocycles. The first-order valence-electron chi connectivity index (χ1n) is 14.0. The van der Waals surface area contributed by atoms with Crippen molar-refractivity contribution in [3.05, 3.63) is 0 Å². The van der Waals surface area contributed by atoms with Gasteiger partial charge in [0.05, 0.1) is 0 Å². The number of rotatable bonds is 17. The normalized spacial score (nSPS) is 27.0. The highest BCUT2D eigenvalue weighted by Gasteiger charge is 2.58. The summed E-state index contributed by atoms with van der Waals surface area (Å²) in [7, 11) is 0. The molecule has 0 aromatic heterocycles. The van der Waals surface area contributed by atoms with E-state index in [1.54, 1.807) is 0 Å². The fourth-order valence-corrected chi connectivity index (χ4v) is 6.18. The van der Waals surface area contributed by atoms with E-state index in [1.165, 1.54) is 88.5 Å². The Morgan fingerprint density at radius 3 is 1.78 bits per heavy atom. The van der Waals surface area contributed by atoms with Crippen molar-refractivity contribution >= 4 is 5.97 Å². The summed E-state index contributed by atoms with van der Waals surface area (Å²) in [5.74, 6) is 0.181. The van der Waals surface area contributed by atoms with Crippen LogP contribution in [0.15, 0.2) is 0 Å². The Hall–Kier alpha value is -0.610. The van der Waals surface area contributed by atoms with Crippen LogP contribution in [0.5, 0.6) is 0 Å². The summed E-state index contributed by atoms with van der Waals surface area (Å²) < 4.78 is 5.92. The maximum Gasteiger partial charge on any atom is 0.306 e. The van der Waals surface area contributed by atoms with Crippen LogP contribution in [0.2, 0.25) is 0 Å². The number of nitrogens with zero attached hydrogens (tertiary/aromatic N) is 1. The molecule has 2 bridgehead atoms. The van der Waals surface area contributed by atoms with Crippen molar-refractivity contribution in [2.24, 2.45) is 5.92 Å². The Balaban J connectivity index is 1.43. The van der Waals surface area contributed by atoms with Crippen molar-refractivity contribution < 1.29 is 14.7 Å². The molecule has 3 aliphatic rings. The molecule has 1 aliphatic carbocycles. The van der Waals surface area contributed by atoms with Crippen LogP contribution in [0.25, 0.3) is 0 Å². The van der Waals surface area contributed by atoms with Gasteiger partial charge in [0, 0.05) is 29.8 Å². The van der Waals surface area contributed by atoms with Crippen LogP contribution in [-0.2, 0) is 9.53 Å². The minimum Gasteiger partial charge on any atom is -0.462 e. The lowest BCUT2D eigenvalue weighted by Crippen LogP contribution is -2.70. The van der Waals surface area contributed by atoms with Gasteiger partial charge in [0.1, 0.15) is 6.10 Å². The van der Waals surface area contributed by atoms with Crippen molar-refractivity contribution in [1.29, 1.82) is 0 Å². The molecular weight excluding hydrogens is 398 g/mol. The van der Waals surface area contributed by atoms with Crippen LogP contribution in [0.4, 0.5) is 0 Å². The van der Waals surface area contributed by atoms with Gasteiger partial charge in [-0.2, -0.15) is 5.06 Å². The number of fused-ring (bicyclic) bond motifs is 3. The summed E-state index contributed by atoms with van der Waals surface area (Å²) in [4.78, 5) is 12.4. The van der Waals surface area contributed by atoms with E-state index < -0.39 is 0 Å². The van der Waals surface area contributed by atoms with E-state index in [1.807, 2.05) is 0 Å². The van der Waals surface area contributed by atoms with Gasteiger partial charge in [0.15, 0.2) is 0 Å². The molecule has 32 heavy (non-hydrogen) atoms. The average molecular weight is 452 g/mol. The number of carbonyl (C=O) groups excluding carboxylic acids is 1. The Kier molecular flexibility index (Phi) is 12.0. The third kappa shape index (κ3) is 8.31. The number of ether oxygens (including phenoxy) is 1. The monoisotopic (exact) mass is 451 g/mol. The van der Waals surface area contributed by atoms with E-state index >= 15 is 0 Å². The zero-order valence-corrected chi connectivity index (χ0v) is 21.8. The van der Waals surface area contributed by atoms with Gasteiger partial charge in [-0.3, -0.25) is 4.79 Å². The van der Waals surface area contributed by atoms with Gasteiger partial charge in [-0.1, -0.05) is 96.8 Å². The van der Waals surface area contributed by atoms with Crippen molar-refractivity contribution in [3.63, 3.8) is 0 Å². The molecule has 0 spiro atoms. The lowest BCUT2D eigenvalue weighted by Gasteiger charge is -2.61. The zero-order valence-electron chi connectivity index (χ0n) is 21.8. The Morgan fingerprint density at radius 1 is 0.844 bits per heavy atom. The second-order valence-corrected chi connectivity index (χ2v) is 11.5. The van der Waals surface area contributed by atoms with Gasteiger partial charge in [0.2, 0.25) is 0 Å². The summed E-state index contributed by atoms with van der Waals surface area (Å²) in [5, 5.41) is 12.1. The molecule has 0 aromatic rings. The number of hydrogen-bond donors (Lipinski definition) is 1. The summed E-state index contributed by atoms with van der Waals surface area (Å²) in [6.45, 7) is 8.52. The van der Waals surface area contributed by atoms with Crippen molar-refractivity contribution in [1.82, 2.24) is 5.06 Å². The van der Waals surface area contributed by atoms with Crippen LogP contribution >= 0.6 is 0 Å². The fourth-order valence-electron chi connectivity index (χ4n) is 6.18. The van der Waals surface area contributed by atoms with E-state index in [0.717, 1.165) is 32.1 Å². The lowest BCUT2D eigenvalue weighted by atomic mass is 9.62. The van der Waals surface area contributed by atoms with Crippen LogP contribution in [0, 0.1) is 5.92 Å². The molecule has 3 atom stereocenters. The first kappa shape index (κ1) is 27.6. The Morgan fingerprint density at radius 2 is 1.31 bits per heavy atom. The molecule has 0 aromatic carbocycles. The molecule has 0 amide bonds. The number of hydroxylamine groups is 2. The lowest BCUT2D eigenvalue weighted by molar-refractivity contribution is -0.308. The number of piperidine rings is 2. The predicted octanol–water partition coefficient (Wildman–Crippen LogP) is 8.20. The standard InChI is InChI=1S/C28H53NO3/c1-5-6-7-8-9-10-11-12-13-14-15-16-17-18-19-20-26(30)32-25-23-28(4)22-21-24(25)27(2,3)29(28)31/h24-25,31H,5-23H2,1-4H3. The van der Waals surface area contributed by atoms with Gasteiger partial charge in [-0.05, 0) is 40.0 Å². The first-order chi connectivity index (χ1) is 15.3. The van der Waals surface area contributed by atoms with Crippen LogP contribution in [-0.4, -0.2) is 33.4 Å². The molecule has 188 valence electrons. The number of hydrogen-bond acceptors (Lipinski definition) is 4. The highest BCUT2D eigenvalue weighted by atomic mass is 16.5. The quantitative estimate of drug-likeness (QED) is 0.179. The van der Waals surface area contributed by atoms with Crippen molar-refractivity contribution in [2.75, 3.05) is 0 Å². The number of unbranched alkanes of at least 4 members (excludes halogenated alkanes) is 14. The zero-order chi connectivity index (χ0) is 23.5. The van der Waals surface area contributed by atoms with Crippen molar-refractivity contribution in [3.8, 4) is 0 Å². The van der Waals surface area contributed by atoms with Gasteiger partial charge in [-0.15, -0.1) is 0 Å². The van der Waals surface area contributed by atoms with Crippen LogP contribution in [0.3, 0.4) is 0 Å². The number of esters is 1. The molecule has 2 aliphatic heterocycles. The summed E-state index contributed by atoms with van der Waals surface area (Å²) >= 11 is 0. The van der Waals surface area contributed by atoms with Gasteiger partial charge >= 0.3 is 5.97 Å². The number of carbonyl (C=O) groups is 1. The second-order valence-electron chi connectivity index (χ2n) is 11.5. The molecular formula is C28H53NO3. The maximum absolute atomic E-state index is 12.4. The maximum atomic E-state index is 12.4. The van der Waals surface area contributed by atoms with E-state index in [0.29, 0.717) is 6.42 Å². The Bertz CT molecular complexity index is 530. The second kappa shape index (κ2) is 13.9. The molecule has 2 heterocycles. The van der Waals surface area contributed by atoms with Crippen LogP contribution in [0.1, 0.15) is 150 Å². The van der Waals surface area contributed by atoms with E-state index in [-0.39, 0.29) is 29.1 Å². The molecule has 3 unspecified atom stereocenters. The SMILES string of the molecule is CCCCCCCCCCCCCCCCCC(=O)OC1CC2(C)CCC1C(C)(C)N2O.